The number of hydrogen-bond acceptors (Lipinski definition) is 6. The zero-order chi connectivity index (χ0) is 16.7. The molecule has 2 aromatic rings. The molecule has 1 saturated heterocycles. The van der Waals surface area contributed by atoms with Gasteiger partial charge in [0.15, 0.2) is 5.82 Å². The second-order valence-electron chi connectivity index (χ2n) is 6.44. The lowest BCUT2D eigenvalue weighted by molar-refractivity contribution is 0.203. The second-order valence-corrected chi connectivity index (χ2v) is 6.44. The molecule has 24 heavy (non-hydrogen) atoms. The van der Waals surface area contributed by atoms with Crippen molar-refractivity contribution < 1.29 is 9.32 Å². The number of nitrogens with one attached hydrogen (secondary N) is 1. The standard InChI is InChI=1S/C16H20N6O2/c1-9-17-8-12(14(18-9)11-5-6-11)20-16(23)22-7-3-4-13(22)15-19-10(2)24-21-15/h8,11,13H,3-7H2,1-2H3,(H,20,23). The average molecular weight is 328 g/mol. The van der Waals surface area contributed by atoms with Crippen molar-refractivity contribution in [2.75, 3.05) is 11.9 Å². The van der Waals surface area contributed by atoms with Crippen LogP contribution in [0.1, 0.15) is 60.9 Å². The number of hydrogen-bond donors (Lipinski definition) is 1. The van der Waals surface area contributed by atoms with Gasteiger partial charge in [-0.15, -0.1) is 0 Å². The highest BCUT2D eigenvalue weighted by atomic mass is 16.5. The molecule has 2 aromatic heterocycles. The number of aromatic nitrogens is 4. The van der Waals surface area contributed by atoms with E-state index in [9.17, 15) is 4.79 Å². The highest BCUT2D eigenvalue weighted by Gasteiger charge is 2.34. The van der Waals surface area contributed by atoms with Crippen molar-refractivity contribution in [2.45, 2.75) is 51.5 Å². The van der Waals surface area contributed by atoms with Gasteiger partial charge in [0.05, 0.1) is 23.6 Å². The summed E-state index contributed by atoms with van der Waals surface area (Å²) in [5.41, 5.74) is 1.66. The van der Waals surface area contributed by atoms with Gasteiger partial charge in [0.1, 0.15) is 5.82 Å². The summed E-state index contributed by atoms with van der Waals surface area (Å²) in [6.45, 7) is 4.30. The molecule has 8 heteroatoms. The summed E-state index contributed by atoms with van der Waals surface area (Å²) in [7, 11) is 0. The fraction of sp³-hybridized carbons (Fsp3) is 0.562. The van der Waals surface area contributed by atoms with E-state index in [4.69, 9.17) is 4.52 Å². The number of anilines is 1. The zero-order valence-electron chi connectivity index (χ0n) is 13.8. The number of aryl methyl sites for hydroxylation is 2. The maximum atomic E-state index is 12.8. The Bertz CT molecular complexity index is 770. The highest BCUT2D eigenvalue weighted by Crippen LogP contribution is 2.42. The molecule has 1 aliphatic heterocycles. The molecule has 0 aromatic carbocycles. The van der Waals surface area contributed by atoms with Crippen molar-refractivity contribution in [3.05, 3.63) is 29.4 Å². The Morgan fingerprint density at radius 1 is 1.29 bits per heavy atom. The summed E-state index contributed by atoms with van der Waals surface area (Å²) in [6.07, 6.45) is 5.71. The molecule has 2 aliphatic rings. The van der Waals surface area contributed by atoms with Crippen molar-refractivity contribution >= 4 is 11.7 Å². The number of likely N-dealkylation sites (tertiary alicyclic amines) is 1. The summed E-state index contributed by atoms with van der Waals surface area (Å²) in [5.74, 6) is 2.26. The molecule has 4 rings (SSSR count). The van der Waals surface area contributed by atoms with E-state index in [1.165, 1.54) is 0 Å². The fourth-order valence-corrected chi connectivity index (χ4v) is 3.17. The predicted octanol–water partition coefficient (Wildman–Crippen LogP) is 2.72. The minimum atomic E-state index is -0.158. The Hall–Kier alpha value is -2.51. The number of rotatable bonds is 3. The van der Waals surface area contributed by atoms with Gasteiger partial charge in [-0.25, -0.2) is 14.8 Å². The minimum absolute atomic E-state index is 0.141. The third-order valence-electron chi connectivity index (χ3n) is 4.50. The Kier molecular flexibility index (Phi) is 3.66. The van der Waals surface area contributed by atoms with Crippen LogP contribution in [0.4, 0.5) is 10.5 Å². The van der Waals surface area contributed by atoms with Gasteiger partial charge in [-0.3, -0.25) is 0 Å². The largest absolute Gasteiger partial charge is 0.340 e. The molecule has 1 atom stereocenters. The summed E-state index contributed by atoms with van der Waals surface area (Å²) < 4.78 is 5.06. The maximum absolute atomic E-state index is 12.8. The van der Waals surface area contributed by atoms with Crippen LogP contribution in [0.15, 0.2) is 10.7 Å². The predicted molar refractivity (Wildman–Crippen MR) is 85.5 cm³/mol. The van der Waals surface area contributed by atoms with Crippen molar-refractivity contribution in [1.29, 1.82) is 0 Å². The summed E-state index contributed by atoms with van der Waals surface area (Å²) >= 11 is 0. The van der Waals surface area contributed by atoms with E-state index < -0.39 is 0 Å². The van der Waals surface area contributed by atoms with Crippen LogP contribution in [0.5, 0.6) is 0 Å². The molecule has 0 radical (unpaired) electrons. The molecule has 0 bridgehead atoms. The average Bonchev–Trinajstić information content (AvgIpc) is 3.12. The number of amides is 2. The molecule has 3 heterocycles. The zero-order valence-corrected chi connectivity index (χ0v) is 13.8. The van der Waals surface area contributed by atoms with Crippen molar-refractivity contribution in [2.24, 2.45) is 0 Å². The normalized spacial score (nSPS) is 20.4. The highest BCUT2D eigenvalue weighted by molar-refractivity contribution is 5.90. The monoisotopic (exact) mass is 328 g/mol. The van der Waals surface area contributed by atoms with Crippen LogP contribution in [0.25, 0.3) is 0 Å². The Labute approximate surface area is 139 Å². The van der Waals surface area contributed by atoms with Crippen molar-refractivity contribution in [1.82, 2.24) is 25.0 Å². The smallest absolute Gasteiger partial charge is 0.322 e. The van der Waals surface area contributed by atoms with Gasteiger partial charge in [0.25, 0.3) is 0 Å². The van der Waals surface area contributed by atoms with E-state index in [-0.39, 0.29) is 12.1 Å². The van der Waals surface area contributed by atoms with Gasteiger partial charge >= 0.3 is 6.03 Å². The molecular weight excluding hydrogens is 308 g/mol. The van der Waals surface area contributed by atoms with Crippen LogP contribution >= 0.6 is 0 Å². The molecule has 0 spiro atoms. The van der Waals surface area contributed by atoms with E-state index in [0.717, 1.165) is 37.2 Å². The quantitative estimate of drug-likeness (QED) is 0.930. The van der Waals surface area contributed by atoms with Crippen molar-refractivity contribution in [3.63, 3.8) is 0 Å². The molecule has 8 nitrogen and oxygen atoms in total. The van der Waals surface area contributed by atoms with E-state index in [2.05, 4.69) is 25.4 Å². The lowest BCUT2D eigenvalue weighted by Crippen LogP contribution is -2.35. The van der Waals surface area contributed by atoms with Crippen LogP contribution in [0.2, 0.25) is 0 Å². The molecular formula is C16H20N6O2. The number of urea groups is 1. The van der Waals surface area contributed by atoms with E-state index >= 15 is 0 Å². The van der Waals surface area contributed by atoms with Gasteiger partial charge in [0, 0.05) is 19.4 Å². The number of carbonyl (C=O) groups excluding carboxylic acids is 1. The maximum Gasteiger partial charge on any atom is 0.322 e. The van der Waals surface area contributed by atoms with Gasteiger partial charge in [-0.1, -0.05) is 5.16 Å². The molecule has 1 aliphatic carbocycles. The molecule has 126 valence electrons. The molecule has 2 fully saturated rings. The van der Waals surface area contributed by atoms with Gasteiger partial charge in [-0.2, -0.15) is 4.98 Å². The molecule has 1 unspecified atom stereocenters. The van der Waals surface area contributed by atoms with Crippen LogP contribution in [-0.4, -0.2) is 37.6 Å². The first-order valence-electron chi connectivity index (χ1n) is 8.33. The third kappa shape index (κ3) is 2.83. The minimum Gasteiger partial charge on any atom is -0.340 e. The van der Waals surface area contributed by atoms with Gasteiger partial charge in [-0.05, 0) is 32.6 Å². The van der Waals surface area contributed by atoms with Crippen molar-refractivity contribution in [3.8, 4) is 0 Å². The number of nitrogens with zero attached hydrogens (tertiary/aromatic N) is 5. The second kappa shape index (κ2) is 5.85. The Morgan fingerprint density at radius 2 is 2.12 bits per heavy atom. The number of carbonyl (C=O) groups is 1. The molecule has 1 saturated carbocycles. The molecule has 1 N–H and O–H groups in total. The van der Waals surface area contributed by atoms with Gasteiger partial charge < -0.3 is 14.7 Å². The third-order valence-corrected chi connectivity index (χ3v) is 4.50. The molecule has 2 amide bonds. The lowest BCUT2D eigenvalue weighted by atomic mass is 10.2. The van der Waals surface area contributed by atoms with Crippen LogP contribution < -0.4 is 5.32 Å². The van der Waals surface area contributed by atoms with Crippen LogP contribution in [0.3, 0.4) is 0 Å². The van der Waals surface area contributed by atoms with Crippen LogP contribution in [0, 0.1) is 13.8 Å². The van der Waals surface area contributed by atoms with E-state index in [1.807, 2.05) is 6.92 Å². The van der Waals surface area contributed by atoms with Gasteiger partial charge in [0.2, 0.25) is 5.89 Å². The topological polar surface area (TPSA) is 97.0 Å². The Balaban J connectivity index is 1.53. The lowest BCUT2D eigenvalue weighted by Gasteiger charge is -2.23. The first-order valence-corrected chi connectivity index (χ1v) is 8.33. The summed E-state index contributed by atoms with van der Waals surface area (Å²) in [6, 6.07) is -0.299. The Morgan fingerprint density at radius 3 is 2.83 bits per heavy atom. The summed E-state index contributed by atoms with van der Waals surface area (Å²) in [4.78, 5) is 27.5. The summed E-state index contributed by atoms with van der Waals surface area (Å²) in [5, 5.41) is 6.96. The van der Waals surface area contributed by atoms with E-state index in [0.29, 0.717) is 29.9 Å². The van der Waals surface area contributed by atoms with E-state index in [1.54, 1.807) is 18.0 Å². The first-order chi connectivity index (χ1) is 11.6. The fourth-order valence-electron chi connectivity index (χ4n) is 3.17. The van der Waals surface area contributed by atoms with Crippen LogP contribution in [-0.2, 0) is 0 Å². The first kappa shape index (κ1) is 15.0. The SMILES string of the molecule is Cc1ncc(NC(=O)N2CCCC2c2noc(C)n2)c(C2CC2)n1.